The number of carbonyl (C=O) groups excluding carboxylic acids is 2. The second-order valence-corrected chi connectivity index (χ2v) is 8.23. The van der Waals surface area contributed by atoms with Gasteiger partial charge >= 0.3 is 0 Å². The van der Waals surface area contributed by atoms with Gasteiger partial charge < -0.3 is 9.80 Å². The van der Waals surface area contributed by atoms with Crippen molar-refractivity contribution in [2.75, 3.05) is 32.7 Å². The molecule has 4 rings (SSSR count). The van der Waals surface area contributed by atoms with Gasteiger partial charge in [0.15, 0.2) is 0 Å². The first kappa shape index (κ1) is 16.1. The molecule has 0 atom stereocenters. The van der Waals surface area contributed by atoms with Crippen molar-refractivity contribution in [2.45, 2.75) is 38.3 Å². The molecule has 1 saturated heterocycles. The maximum absolute atomic E-state index is 12.7. The molecular weight excluding hydrogens is 322 g/mol. The summed E-state index contributed by atoms with van der Waals surface area (Å²) in [6.07, 6.45) is 4.53. The van der Waals surface area contributed by atoms with Crippen molar-refractivity contribution in [2.24, 2.45) is 5.92 Å². The van der Waals surface area contributed by atoms with Gasteiger partial charge in [0.25, 0.3) is 0 Å². The molecule has 0 unspecified atom stereocenters. The van der Waals surface area contributed by atoms with E-state index in [1.165, 1.54) is 17.7 Å². The van der Waals surface area contributed by atoms with Gasteiger partial charge in [0.1, 0.15) is 0 Å². The van der Waals surface area contributed by atoms with Crippen LogP contribution < -0.4 is 0 Å². The fraction of sp³-hybridized carbons (Fsp3) is 0.667. The van der Waals surface area contributed by atoms with Crippen molar-refractivity contribution < 1.29 is 9.59 Å². The maximum atomic E-state index is 12.7. The number of nitrogens with zero attached hydrogens (tertiary/aromatic N) is 3. The van der Waals surface area contributed by atoms with Crippen molar-refractivity contribution in [3.8, 4) is 0 Å². The summed E-state index contributed by atoms with van der Waals surface area (Å²) in [5, 5.41) is 2.10. The molecule has 0 radical (unpaired) electrons. The fourth-order valence-corrected chi connectivity index (χ4v) is 4.12. The highest BCUT2D eigenvalue weighted by molar-refractivity contribution is 7.09. The molecule has 2 saturated carbocycles. The first-order valence-corrected chi connectivity index (χ1v) is 9.91. The predicted octanol–water partition coefficient (Wildman–Crippen LogP) is 1.79. The smallest absolute Gasteiger partial charge is 0.236 e. The zero-order valence-electron chi connectivity index (χ0n) is 14.0. The maximum Gasteiger partial charge on any atom is 0.236 e. The summed E-state index contributed by atoms with van der Waals surface area (Å²) in [5.41, 5.74) is 0. The first-order valence-electron chi connectivity index (χ1n) is 9.03. The Morgan fingerprint density at radius 1 is 1.08 bits per heavy atom. The number of carbonyl (C=O) groups is 2. The zero-order chi connectivity index (χ0) is 16.5. The van der Waals surface area contributed by atoms with Gasteiger partial charge in [-0.3, -0.25) is 14.5 Å². The Bertz CT molecular complexity index is 587. The van der Waals surface area contributed by atoms with Crippen LogP contribution in [-0.4, -0.2) is 65.3 Å². The van der Waals surface area contributed by atoms with E-state index in [9.17, 15) is 9.59 Å². The van der Waals surface area contributed by atoms with Crippen LogP contribution in [0.2, 0.25) is 0 Å². The normalized spacial score (nSPS) is 21.4. The number of rotatable bonds is 6. The average molecular weight is 347 g/mol. The second kappa shape index (κ2) is 6.84. The number of hydrogen-bond acceptors (Lipinski definition) is 4. The van der Waals surface area contributed by atoms with Gasteiger partial charge in [-0.2, -0.15) is 0 Å². The Morgan fingerprint density at radius 2 is 1.79 bits per heavy atom. The minimum atomic E-state index is 0.219. The first-order chi connectivity index (χ1) is 11.7. The third-order valence-corrected chi connectivity index (χ3v) is 6.07. The zero-order valence-corrected chi connectivity index (χ0v) is 14.8. The lowest BCUT2D eigenvalue weighted by molar-refractivity contribution is -0.141. The molecule has 24 heavy (non-hydrogen) atoms. The molecular formula is C18H25N3O2S. The van der Waals surface area contributed by atoms with Crippen molar-refractivity contribution in [1.82, 2.24) is 14.7 Å². The van der Waals surface area contributed by atoms with E-state index in [2.05, 4.69) is 22.4 Å². The van der Waals surface area contributed by atoms with Gasteiger partial charge in [0, 0.05) is 49.6 Å². The van der Waals surface area contributed by atoms with Crippen LogP contribution in [0.15, 0.2) is 17.5 Å². The Kier molecular flexibility index (Phi) is 4.59. The third-order valence-electron chi connectivity index (χ3n) is 5.21. The molecule has 1 aromatic rings. The van der Waals surface area contributed by atoms with E-state index in [0.29, 0.717) is 44.7 Å². The molecule has 130 valence electrons. The summed E-state index contributed by atoms with van der Waals surface area (Å²) in [4.78, 5) is 32.3. The highest BCUT2D eigenvalue weighted by Crippen LogP contribution is 2.31. The number of thiophene rings is 1. The van der Waals surface area contributed by atoms with Crippen LogP contribution in [-0.2, 0) is 16.1 Å². The summed E-state index contributed by atoms with van der Waals surface area (Å²) >= 11 is 1.76. The lowest BCUT2D eigenvalue weighted by Gasteiger charge is -2.36. The van der Waals surface area contributed by atoms with E-state index in [1.54, 1.807) is 11.3 Å². The van der Waals surface area contributed by atoms with Crippen LogP contribution in [0.5, 0.6) is 0 Å². The largest absolute Gasteiger partial charge is 0.339 e. The average Bonchev–Trinajstić information content (AvgIpc) is 3.52. The Morgan fingerprint density at radius 3 is 2.38 bits per heavy atom. The lowest BCUT2D eigenvalue weighted by Crippen LogP contribution is -2.53. The standard InChI is InChI=1S/C18H25N3O2S/c22-17(13-21(15-5-6-15)12-16-2-1-11-24-16)19-7-9-20(10-8-19)18(23)14-3-4-14/h1-2,11,14-15H,3-10,12-13H2. The Labute approximate surface area is 147 Å². The predicted molar refractivity (Wildman–Crippen MR) is 93.6 cm³/mol. The minimum Gasteiger partial charge on any atom is -0.339 e. The topological polar surface area (TPSA) is 43.9 Å². The molecule has 1 aromatic heterocycles. The van der Waals surface area contributed by atoms with E-state index in [-0.39, 0.29) is 11.8 Å². The molecule has 2 heterocycles. The SMILES string of the molecule is O=C(CN(Cc1cccs1)C1CC1)N1CCN(C(=O)C2CC2)CC1. The van der Waals surface area contributed by atoms with Gasteiger partial charge in [-0.05, 0) is 37.1 Å². The van der Waals surface area contributed by atoms with Crippen LogP contribution in [0, 0.1) is 5.92 Å². The molecule has 0 bridgehead atoms. The van der Waals surface area contributed by atoms with E-state index in [0.717, 1.165) is 19.4 Å². The molecule has 0 spiro atoms. The quantitative estimate of drug-likeness (QED) is 0.788. The lowest BCUT2D eigenvalue weighted by atomic mass is 10.2. The molecule has 5 nitrogen and oxygen atoms in total. The molecule has 2 amide bonds. The molecule has 0 aromatic carbocycles. The summed E-state index contributed by atoms with van der Waals surface area (Å²) in [5.74, 6) is 0.805. The van der Waals surface area contributed by atoms with Gasteiger partial charge in [-0.1, -0.05) is 6.07 Å². The molecule has 1 aliphatic heterocycles. The molecule has 6 heteroatoms. The van der Waals surface area contributed by atoms with Crippen LogP contribution in [0.25, 0.3) is 0 Å². The Hall–Kier alpha value is -1.40. The van der Waals surface area contributed by atoms with Crippen molar-refractivity contribution in [3.63, 3.8) is 0 Å². The fourth-order valence-electron chi connectivity index (χ4n) is 3.39. The third kappa shape index (κ3) is 3.81. The summed E-state index contributed by atoms with van der Waals surface area (Å²) < 4.78 is 0. The second-order valence-electron chi connectivity index (χ2n) is 7.20. The molecule has 3 fully saturated rings. The van der Waals surface area contributed by atoms with Crippen molar-refractivity contribution in [3.05, 3.63) is 22.4 Å². The Balaban J connectivity index is 1.28. The van der Waals surface area contributed by atoms with Crippen LogP contribution in [0.4, 0.5) is 0 Å². The number of hydrogen-bond donors (Lipinski definition) is 0. The van der Waals surface area contributed by atoms with Crippen LogP contribution in [0.1, 0.15) is 30.6 Å². The number of piperazine rings is 1. The van der Waals surface area contributed by atoms with E-state index in [4.69, 9.17) is 0 Å². The highest BCUT2D eigenvalue weighted by atomic mass is 32.1. The van der Waals surface area contributed by atoms with Crippen molar-refractivity contribution in [1.29, 1.82) is 0 Å². The van der Waals surface area contributed by atoms with Gasteiger partial charge in [0.05, 0.1) is 6.54 Å². The monoisotopic (exact) mass is 347 g/mol. The summed E-state index contributed by atoms with van der Waals surface area (Å²) in [6.45, 7) is 4.18. The van der Waals surface area contributed by atoms with E-state index < -0.39 is 0 Å². The van der Waals surface area contributed by atoms with Gasteiger partial charge in [-0.25, -0.2) is 0 Å². The molecule has 0 N–H and O–H groups in total. The van der Waals surface area contributed by atoms with Crippen LogP contribution >= 0.6 is 11.3 Å². The summed E-state index contributed by atoms with van der Waals surface area (Å²) in [6, 6.07) is 4.80. The van der Waals surface area contributed by atoms with Crippen LogP contribution in [0.3, 0.4) is 0 Å². The van der Waals surface area contributed by atoms with E-state index in [1.807, 2.05) is 9.80 Å². The van der Waals surface area contributed by atoms with Gasteiger partial charge in [0.2, 0.25) is 11.8 Å². The molecule has 3 aliphatic rings. The van der Waals surface area contributed by atoms with Gasteiger partial charge in [-0.15, -0.1) is 11.3 Å². The summed E-state index contributed by atoms with van der Waals surface area (Å²) in [7, 11) is 0. The minimum absolute atomic E-state index is 0.219. The van der Waals surface area contributed by atoms with Crippen molar-refractivity contribution >= 4 is 23.2 Å². The molecule has 2 aliphatic carbocycles. The number of amides is 2. The highest BCUT2D eigenvalue weighted by Gasteiger charge is 2.36. The van der Waals surface area contributed by atoms with E-state index >= 15 is 0 Å².